The minimum Gasteiger partial charge on any atom is -0.493 e. The Morgan fingerprint density at radius 3 is 2.27 bits per heavy atom. The SMILES string of the molecule is CCC(C)C(NC(=O)Nc1cccc(F)c1)C(=O)NCCCCOc1ccc(C(C)(C)CC)cc1C(C)(C)CC. The van der Waals surface area contributed by atoms with Crippen LogP contribution in [0.2, 0.25) is 0 Å². The summed E-state index contributed by atoms with van der Waals surface area (Å²) in [6.45, 7) is 18.4. The highest BCUT2D eigenvalue weighted by atomic mass is 19.1. The monoisotopic (exact) mass is 555 g/mol. The van der Waals surface area contributed by atoms with Crippen molar-refractivity contribution in [1.82, 2.24) is 10.6 Å². The fourth-order valence-corrected chi connectivity index (χ4v) is 4.31. The number of hydrogen-bond acceptors (Lipinski definition) is 3. The van der Waals surface area contributed by atoms with Gasteiger partial charge in [-0.15, -0.1) is 0 Å². The van der Waals surface area contributed by atoms with Crippen molar-refractivity contribution in [2.75, 3.05) is 18.5 Å². The van der Waals surface area contributed by atoms with Crippen molar-refractivity contribution in [3.05, 3.63) is 59.4 Å². The second kappa shape index (κ2) is 15.1. The summed E-state index contributed by atoms with van der Waals surface area (Å²) in [6.07, 6.45) is 4.34. The van der Waals surface area contributed by atoms with Crippen molar-refractivity contribution in [2.45, 2.75) is 104 Å². The van der Waals surface area contributed by atoms with Gasteiger partial charge in [0.25, 0.3) is 0 Å². The highest BCUT2D eigenvalue weighted by Crippen LogP contribution is 2.38. The molecule has 40 heavy (non-hydrogen) atoms. The molecule has 0 aliphatic rings. The number of ether oxygens (including phenoxy) is 1. The number of rotatable bonds is 15. The molecule has 0 saturated carbocycles. The van der Waals surface area contributed by atoms with Crippen LogP contribution in [0, 0.1) is 11.7 Å². The molecule has 2 aromatic rings. The lowest BCUT2D eigenvalue weighted by Crippen LogP contribution is -2.51. The van der Waals surface area contributed by atoms with Crippen LogP contribution in [0.3, 0.4) is 0 Å². The van der Waals surface area contributed by atoms with Gasteiger partial charge >= 0.3 is 6.03 Å². The number of halogens is 1. The molecule has 2 rings (SSSR count). The lowest BCUT2D eigenvalue weighted by atomic mass is 9.76. The molecular formula is C33H50FN3O3. The Labute approximate surface area is 240 Å². The molecule has 3 N–H and O–H groups in total. The predicted molar refractivity (Wildman–Crippen MR) is 163 cm³/mol. The normalized spacial score (nSPS) is 13.3. The molecule has 2 aromatic carbocycles. The molecule has 0 aliphatic heterocycles. The van der Waals surface area contributed by atoms with E-state index >= 15 is 0 Å². The Bertz CT molecular complexity index is 1120. The van der Waals surface area contributed by atoms with Gasteiger partial charge in [-0.1, -0.05) is 80.0 Å². The Balaban J connectivity index is 1.90. The molecule has 7 heteroatoms. The van der Waals surface area contributed by atoms with E-state index in [0.717, 1.165) is 37.9 Å². The van der Waals surface area contributed by atoms with Gasteiger partial charge in [0.15, 0.2) is 0 Å². The number of carbonyl (C=O) groups is 2. The van der Waals surface area contributed by atoms with Gasteiger partial charge < -0.3 is 20.7 Å². The smallest absolute Gasteiger partial charge is 0.319 e. The summed E-state index contributed by atoms with van der Waals surface area (Å²) in [4.78, 5) is 25.4. The first-order valence-corrected chi connectivity index (χ1v) is 14.7. The van der Waals surface area contributed by atoms with E-state index in [4.69, 9.17) is 4.74 Å². The fourth-order valence-electron chi connectivity index (χ4n) is 4.31. The summed E-state index contributed by atoms with van der Waals surface area (Å²) in [5.41, 5.74) is 3.01. The maximum atomic E-state index is 13.4. The zero-order valence-corrected chi connectivity index (χ0v) is 25.7. The van der Waals surface area contributed by atoms with Crippen molar-refractivity contribution in [3.63, 3.8) is 0 Å². The topological polar surface area (TPSA) is 79.5 Å². The van der Waals surface area contributed by atoms with Gasteiger partial charge in [0.2, 0.25) is 5.91 Å². The average Bonchev–Trinajstić information content (AvgIpc) is 2.92. The van der Waals surface area contributed by atoms with Crippen LogP contribution in [-0.2, 0) is 15.6 Å². The van der Waals surface area contributed by atoms with Gasteiger partial charge in [0, 0.05) is 17.8 Å². The maximum absolute atomic E-state index is 13.4. The number of anilines is 1. The van der Waals surface area contributed by atoms with Crippen molar-refractivity contribution < 1.29 is 18.7 Å². The van der Waals surface area contributed by atoms with E-state index in [1.165, 1.54) is 29.3 Å². The summed E-state index contributed by atoms with van der Waals surface area (Å²) in [7, 11) is 0. The molecule has 0 spiro atoms. The van der Waals surface area contributed by atoms with E-state index < -0.39 is 17.9 Å². The Kier molecular flexibility index (Phi) is 12.5. The number of hydrogen-bond donors (Lipinski definition) is 3. The minimum absolute atomic E-state index is 0.00207. The number of nitrogens with one attached hydrogen (secondary N) is 3. The predicted octanol–water partition coefficient (Wildman–Crippen LogP) is 7.71. The third kappa shape index (κ3) is 9.53. The summed E-state index contributed by atoms with van der Waals surface area (Å²) < 4.78 is 19.7. The molecule has 0 aromatic heterocycles. The summed E-state index contributed by atoms with van der Waals surface area (Å²) in [6, 6.07) is 11.0. The number of benzene rings is 2. The number of unbranched alkanes of at least 4 members (excludes halogenated alkanes) is 1. The zero-order chi connectivity index (χ0) is 29.9. The first kappa shape index (κ1) is 33.1. The molecular weight excluding hydrogens is 505 g/mol. The largest absolute Gasteiger partial charge is 0.493 e. The Morgan fingerprint density at radius 1 is 0.950 bits per heavy atom. The first-order valence-electron chi connectivity index (χ1n) is 14.7. The summed E-state index contributed by atoms with van der Waals surface area (Å²) in [5.74, 6) is 0.186. The van der Waals surface area contributed by atoms with E-state index in [9.17, 15) is 14.0 Å². The molecule has 0 saturated heterocycles. The minimum atomic E-state index is -0.695. The third-order valence-corrected chi connectivity index (χ3v) is 8.25. The molecule has 2 atom stereocenters. The van der Waals surface area contributed by atoms with Crippen molar-refractivity contribution in [3.8, 4) is 5.75 Å². The molecule has 0 radical (unpaired) electrons. The maximum Gasteiger partial charge on any atom is 0.319 e. The highest BCUT2D eigenvalue weighted by Gasteiger charge is 2.27. The van der Waals surface area contributed by atoms with Crippen LogP contribution in [0.1, 0.15) is 98.6 Å². The first-order chi connectivity index (χ1) is 18.8. The van der Waals surface area contributed by atoms with Crippen LogP contribution in [0.25, 0.3) is 0 Å². The van der Waals surface area contributed by atoms with Gasteiger partial charge in [0.05, 0.1) is 6.61 Å². The lowest BCUT2D eigenvalue weighted by Gasteiger charge is -2.30. The Morgan fingerprint density at radius 2 is 1.65 bits per heavy atom. The van der Waals surface area contributed by atoms with Crippen LogP contribution >= 0.6 is 0 Å². The third-order valence-electron chi connectivity index (χ3n) is 8.25. The second-order valence-electron chi connectivity index (χ2n) is 12.0. The highest BCUT2D eigenvalue weighted by molar-refractivity contribution is 5.93. The number of urea groups is 1. The van der Waals surface area contributed by atoms with E-state index in [-0.39, 0.29) is 22.7 Å². The summed E-state index contributed by atoms with van der Waals surface area (Å²) in [5, 5.41) is 8.29. The quantitative estimate of drug-likeness (QED) is 0.197. The van der Waals surface area contributed by atoms with E-state index in [2.05, 4.69) is 75.7 Å². The van der Waals surface area contributed by atoms with Crippen molar-refractivity contribution in [1.29, 1.82) is 0 Å². The molecule has 2 unspecified atom stereocenters. The fraction of sp³-hybridized carbons (Fsp3) is 0.576. The molecule has 3 amide bonds. The van der Waals surface area contributed by atoms with Crippen LogP contribution in [0.5, 0.6) is 5.75 Å². The van der Waals surface area contributed by atoms with E-state index in [0.29, 0.717) is 18.8 Å². The number of amides is 3. The summed E-state index contributed by atoms with van der Waals surface area (Å²) >= 11 is 0. The molecule has 222 valence electrons. The zero-order valence-electron chi connectivity index (χ0n) is 25.7. The Hall–Kier alpha value is -3.09. The molecule has 0 bridgehead atoms. The van der Waals surface area contributed by atoms with Crippen LogP contribution in [-0.4, -0.2) is 31.1 Å². The van der Waals surface area contributed by atoms with Crippen LogP contribution < -0.4 is 20.7 Å². The van der Waals surface area contributed by atoms with Crippen LogP contribution in [0.15, 0.2) is 42.5 Å². The van der Waals surface area contributed by atoms with Gasteiger partial charge in [-0.05, 0) is 72.3 Å². The average molecular weight is 556 g/mol. The van der Waals surface area contributed by atoms with Gasteiger partial charge in [-0.3, -0.25) is 4.79 Å². The van der Waals surface area contributed by atoms with Crippen LogP contribution in [0.4, 0.5) is 14.9 Å². The molecule has 0 aliphatic carbocycles. The second-order valence-corrected chi connectivity index (χ2v) is 12.0. The van der Waals surface area contributed by atoms with Gasteiger partial charge in [-0.25, -0.2) is 9.18 Å². The van der Waals surface area contributed by atoms with Gasteiger partial charge in [0.1, 0.15) is 17.6 Å². The molecule has 0 fully saturated rings. The molecule has 6 nitrogen and oxygen atoms in total. The van der Waals surface area contributed by atoms with Gasteiger partial charge in [-0.2, -0.15) is 0 Å². The lowest BCUT2D eigenvalue weighted by molar-refractivity contribution is -0.124. The number of carbonyl (C=O) groups excluding carboxylic acids is 2. The van der Waals surface area contributed by atoms with Crippen molar-refractivity contribution in [2.24, 2.45) is 5.92 Å². The standard InChI is InChI=1S/C33H50FN3O3/c1-9-23(4)29(37-31(39)36-26-16-14-15-25(34)22-26)30(38)35-19-12-13-20-40-28-18-17-24(32(5,6)10-2)21-27(28)33(7,8)11-3/h14-18,21-23,29H,9-13,19-20H2,1-8H3,(H,35,38)(H2,36,37,39). The van der Waals surface area contributed by atoms with E-state index in [1.807, 2.05) is 13.8 Å². The van der Waals surface area contributed by atoms with E-state index in [1.54, 1.807) is 6.07 Å². The van der Waals surface area contributed by atoms with Crippen molar-refractivity contribution >= 4 is 17.6 Å². The molecule has 0 heterocycles.